The molecule has 0 aliphatic heterocycles. The lowest BCUT2D eigenvalue weighted by Gasteiger charge is -2.13. The van der Waals surface area contributed by atoms with Gasteiger partial charge in [-0.25, -0.2) is 0 Å². The van der Waals surface area contributed by atoms with Crippen LogP contribution in [0.4, 0.5) is 11.4 Å². The van der Waals surface area contributed by atoms with Crippen LogP contribution in [-0.2, 0) is 4.79 Å². The van der Waals surface area contributed by atoms with Crippen LogP contribution in [-0.4, -0.2) is 39.3 Å². The Labute approximate surface area is 111 Å². The van der Waals surface area contributed by atoms with Gasteiger partial charge < -0.3 is 15.7 Å². The number of nitro benzene ring substituents is 2. The fourth-order valence-corrected chi connectivity index (χ4v) is 1.25. The van der Waals surface area contributed by atoms with E-state index in [-0.39, 0.29) is 5.75 Å². The number of ether oxygens (including phenoxy) is 1. The molecule has 20 heavy (non-hydrogen) atoms. The Kier molecular flexibility index (Phi) is 4.88. The summed E-state index contributed by atoms with van der Waals surface area (Å²) in [5.41, 5.74) is 3.71. The van der Waals surface area contributed by atoms with E-state index in [0.717, 1.165) is 18.2 Å². The Morgan fingerprint density at radius 2 is 2.00 bits per heavy atom. The normalized spacial score (nSPS) is 10.3. The Morgan fingerprint density at radius 1 is 1.35 bits per heavy atom. The summed E-state index contributed by atoms with van der Waals surface area (Å²) in [4.78, 5) is 30.1. The van der Waals surface area contributed by atoms with E-state index in [1.807, 2.05) is 0 Å². The summed E-state index contributed by atoms with van der Waals surface area (Å²) in [6.45, 7) is -1.09. The maximum absolute atomic E-state index is 10.8. The number of amides is 1. The van der Waals surface area contributed by atoms with Gasteiger partial charge in [-0.3, -0.25) is 25.0 Å². The number of carbonyl (C=O) groups excluding carboxylic acids is 1. The van der Waals surface area contributed by atoms with Gasteiger partial charge >= 0.3 is 5.69 Å². The molecule has 0 aromatic heterocycles. The predicted octanol–water partition coefficient (Wildman–Crippen LogP) is 0.0158. The van der Waals surface area contributed by atoms with Crippen LogP contribution in [0, 0.1) is 20.2 Å². The molecule has 0 unspecified atom stereocenters. The van der Waals surface area contributed by atoms with E-state index in [4.69, 9.17) is 10.5 Å². The Balaban J connectivity index is 2.87. The first-order valence-electron chi connectivity index (χ1n) is 5.09. The molecular weight excluding hydrogens is 276 g/mol. The zero-order chi connectivity index (χ0) is 15.3. The first kappa shape index (κ1) is 15.3. The van der Waals surface area contributed by atoms with Gasteiger partial charge in [0.2, 0.25) is 5.91 Å². The first-order valence-corrected chi connectivity index (χ1v) is 5.09. The fraction of sp³-hybridized carbons (Fsp3) is 0.222. The molecular formula is C9H10N4O7. The second kappa shape index (κ2) is 6.40. The highest BCUT2D eigenvalue weighted by Crippen LogP contribution is 2.30. The van der Waals surface area contributed by atoms with Crippen LogP contribution in [0.15, 0.2) is 18.2 Å². The second-order valence-corrected chi connectivity index (χ2v) is 3.57. The van der Waals surface area contributed by atoms with E-state index >= 15 is 0 Å². The molecule has 0 atom stereocenters. The van der Waals surface area contributed by atoms with E-state index in [9.17, 15) is 30.2 Å². The zero-order valence-electron chi connectivity index (χ0n) is 9.96. The number of nitrogens with two attached hydrogens (primary N) is 1. The number of hydrogen-bond acceptors (Lipinski definition) is 8. The molecule has 1 rings (SSSR count). The lowest BCUT2D eigenvalue weighted by molar-refractivity contribution is -0.394. The monoisotopic (exact) mass is 286 g/mol. The number of primary amides is 1. The molecule has 0 saturated carbocycles. The van der Waals surface area contributed by atoms with Gasteiger partial charge in [0.15, 0.2) is 12.5 Å². The molecule has 11 heteroatoms. The van der Waals surface area contributed by atoms with Crippen molar-refractivity contribution in [2.75, 3.05) is 13.3 Å². The van der Waals surface area contributed by atoms with Gasteiger partial charge in [0.25, 0.3) is 5.69 Å². The van der Waals surface area contributed by atoms with E-state index in [1.165, 1.54) is 0 Å². The number of rotatable bonds is 7. The minimum atomic E-state index is -0.863. The molecule has 11 nitrogen and oxygen atoms in total. The molecule has 0 aliphatic rings. The first-order chi connectivity index (χ1) is 9.31. The minimum absolute atomic E-state index is 0.288. The number of hydrogen-bond donors (Lipinski definition) is 2. The van der Waals surface area contributed by atoms with Gasteiger partial charge in [-0.1, -0.05) is 0 Å². The summed E-state index contributed by atoms with van der Waals surface area (Å²) in [5.74, 6) is -1.11. The minimum Gasteiger partial charge on any atom is -0.469 e. The third-order valence-corrected chi connectivity index (χ3v) is 2.06. The fourth-order valence-electron chi connectivity index (χ4n) is 1.25. The number of carbonyl (C=O) groups is 1. The van der Waals surface area contributed by atoms with Crippen molar-refractivity contribution < 1.29 is 24.6 Å². The van der Waals surface area contributed by atoms with E-state index < -0.39 is 40.4 Å². The Morgan fingerprint density at radius 3 is 2.50 bits per heavy atom. The summed E-state index contributed by atoms with van der Waals surface area (Å²) in [6, 6.07) is 2.76. The summed E-state index contributed by atoms with van der Waals surface area (Å²) < 4.78 is 4.90. The Bertz CT molecular complexity index is 547. The topological polar surface area (TPSA) is 162 Å². The number of benzene rings is 1. The lowest BCUT2D eigenvalue weighted by Crippen LogP contribution is -2.33. The van der Waals surface area contributed by atoms with Crippen LogP contribution in [0.3, 0.4) is 0 Å². The molecule has 0 spiro atoms. The SMILES string of the molecule is NC(=O)CN(O)COc1ccc([N+](=O)[O-])cc1[N+](=O)[O-]. The third kappa shape index (κ3) is 4.15. The van der Waals surface area contributed by atoms with Gasteiger partial charge in [-0.2, -0.15) is 0 Å². The van der Waals surface area contributed by atoms with Crippen molar-refractivity contribution in [3.05, 3.63) is 38.4 Å². The lowest BCUT2D eigenvalue weighted by atomic mass is 10.2. The van der Waals surface area contributed by atoms with Crippen molar-refractivity contribution >= 4 is 17.3 Å². The van der Waals surface area contributed by atoms with Crippen LogP contribution in [0.25, 0.3) is 0 Å². The highest BCUT2D eigenvalue weighted by molar-refractivity contribution is 5.75. The van der Waals surface area contributed by atoms with Crippen LogP contribution >= 0.6 is 0 Å². The summed E-state index contributed by atoms with van der Waals surface area (Å²) >= 11 is 0. The number of nitro groups is 2. The second-order valence-electron chi connectivity index (χ2n) is 3.57. The molecule has 108 valence electrons. The van der Waals surface area contributed by atoms with Gasteiger partial charge in [0.1, 0.15) is 6.54 Å². The molecule has 0 fully saturated rings. The van der Waals surface area contributed by atoms with E-state index in [0.29, 0.717) is 5.06 Å². The van der Waals surface area contributed by atoms with Crippen molar-refractivity contribution in [2.45, 2.75) is 0 Å². The molecule has 0 heterocycles. The van der Waals surface area contributed by atoms with Crippen LogP contribution < -0.4 is 10.5 Å². The molecule has 0 radical (unpaired) electrons. The molecule has 1 aromatic rings. The maximum Gasteiger partial charge on any atom is 0.317 e. The summed E-state index contributed by atoms with van der Waals surface area (Å²) in [6.07, 6.45) is 0. The van der Waals surface area contributed by atoms with E-state index in [1.54, 1.807) is 0 Å². The molecule has 0 aliphatic carbocycles. The predicted molar refractivity (Wildman–Crippen MR) is 62.9 cm³/mol. The third-order valence-electron chi connectivity index (χ3n) is 2.06. The summed E-state index contributed by atoms with van der Waals surface area (Å²) in [7, 11) is 0. The van der Waals surface area contributed by atoms with Crippen LogP contribution in [0.1, 0.15) is 0 Å². The van der Waals surface area contributed by atoms with Crippen molar-refractivity contribution in [2.24, 2.45) is 5.73 Å². The summed E-state index contributed by atoms with van der Waals surface area (Å²) in [5, 5.41) is 30.9. The number of non-ortho nitro benzene ring substituents is 1. The average Bonchev–Trinajstić information content (AvgIpc) is 2.35. The number of hydroxylamine groups is 2. The quantitative estimate of drug-likeness (QED) is 0.402. The van der Waals surface area contributed by atoms with Crippen molar-refractivity contribution in [3.8, 4) is 5.75 Å². The molecule has 0 bridgehead atoms. The van der Waals surface area contributed by atoms with Crippen LogP contribution in [0.5, 0.6) is 5.75 Å². The van der Waals surface area contributed by atoms with Gasteiger partial charge in [-0.05, 0) is 6.07 Å². The number of nitrogens with zero attached hydrogens (tertiary/aromatic N) is 3. The largest absolute Gasteiger partial charge is 0.469 e. The van der Waals surface area contributed by atoms with E-state index in [2.05, 4.69) is 0 Å². The molecule has 1 aromatic carbocycles. The highest BCUT2D eigenvalue weighted by atomic mass is 16.6. The van der Waals surface area contributed by atoms with Gasteiger partial charge in [-0.15, -0.1) is 5.06 Å². The molecule has 0 saturated heterocycles. The highest BCUT2D eigenvalue weighted by Gasteiger charge is 2.21. The smallest absolute Gasteiger partial charge is 0.317 e. The molecule has 1 amide bonds. The van der Waals surface area contributed by atoms with Crippen molar-refractivity contribution in [1.82, 2.24) is 5.06 Å². The zero-order valence-corrected chi connectivity index (χ0v) is 9.96. The van der Waals surface area contributed by atoms with Gasteiger partial charge in [0.05, 0.1) is 15.9 Å². The van der Waals surface area contributed by atoms with Crippen LogP contribution in [0.2, 0.25) is 0 Å². The van der Waals surface area contributed by atoms with Crippen molar-refractivity contribution in [1.29, 1.82) is 0 Å². The van der Waals surface area contributed by atoms with Crippen molar-refractivity contribution in [3.63, 3.8) is 0 Å². The standard InChI is InChI=1S/C9H10N4O7/c10-9(14)4-11(15)5-20-8-2-1-6(12(16)17)3-7(8)13(18)19/h1-3,15H,4-5H2,(H2,10,14). The van der Waals surface area contributed by atoms with Gasteiger partial charge in [0, 0.05) is 6.07 Å². The average molecular weight is 286 g/mol. The molecule has 3 N–H and O–H groups in total. The maximum atomic E-state index is 10.8. The Hall–Kier alpha value is -2.79.